The number of nitrogens with two attached hydrogens (primary N) is 1. The van der Waals surface area contributed by atoms with Crippen molar-refractivity contribution in [2.45, 2.75) is 31.7 Å². The molecule has 136 valence electrons. The Bertz CT molecular complexity index is 605. The predicted molar refractivity (Wildman–Crippen MR) is 90.5 cm³/mol. The number of ether oxygens (including phenoxy) is 2. The van der Waals surface area contributed by atoms with Gasteiger partial charge < -0.3 is 15.2 Å². The van der Waals surface area contributed by atoms with Gasteiger partial charge in [0.25, 0.3) is 0 Å². The zero-order valence-electron chi connectivity index (χ0n) is 14.3. The minimum absolute atomic E-state index is 0.0723. The third kappa shape index (κ3) is 5.03. The number of nitrogens with zero attached hydrogens (tertiary/aromatic N) is 1. The van der Waals surface area contributed by atoms with Gasteiger partial charge in [-0.3, -0.25) is 9.59 Å². The first-order chi connectivity index (χ1) is 12.1. The maximum atomic E-state index is 12.9. The quantitative estimate of drug-likeness (QED) is 0.715. The fourth-order valence-corrected chi connectivity index (χ4v) is 2.93. The van der Waals surface area contributed by atoms with Crippen molar-refractivity contribution in [3.8, 4) is 0 Å². The van der Waals surface area contributed by atoms with Gasteiger partial charge in [-0.15, -0.1) is 0 Å². The molecule has 1 aliphatic heterocycles. The summed E-state index contributed by atoms with van der Waals surface area (Å²) in [6, 6.07) is 9.21. The van der Waals surface area contributed by atoms with E-state index < -0.39 is 23.9 Å². The van der Waals surface area contributed by atoms with E-state index in [0.29, 0.717) is 25.8 Å². The lowest BCUT2D eigenvalue weighted by Crippen LogP contribution is -2.44. The van der Waals surface area contributed by atoms with Crippen LogP contribution in [0.15, 0.2) is 30.3 Å². The largest absolute Gasteiger partial charge is 0.469 e. The van der Waals surface area contributed by atoms with Gasteiger partial charge in [0.2, 0.25) is 5.91 Å². The molecule has 0 saturated carbocycles. The van der Waals surface area contributed by atoms with Gasteiger partial charge in [-0.25, -0.2) is 9.69 Å². The molecule has 0 spiro atoms. The van der Waals surface area contributed by atoms with Crippen LogP contribution in [0.1, 0.15) is 24.8 Å². The number of rotatable bonds is 8. The average Bonchev–Trinajstić information content (AvgIpc) is 2.98. The Morgan fingerprint density at radius 3 is 2.72 bits per heavy atom. The molecule has 1 aromatic carbocycles. The normalized spacial score (nSPS) is 17.9. The highest BCUT2D eigenvalue weighted by atomic mass is 16.6. The number of esters is 1. The van der Waals surface area contributed by atoms with Crippen molar-refractivity contribution in [1.82, 2.24) is 4.90 Å². The van der Waals surface area contributed by atoms with Crippen molar-refractivity contribution >= 4 is 18.0 Å². The van der Waals surface area contributed by atoms with Crippen LogP contribution in [0.5, 0.6) is 0 Å². The molecular formula is C18H24N2O5. The topological polar surface area (TPSA) is 98.9 Å². The summed E-state index contributed by atoms with van der Waals surface area (Å²) in [4.78, 5) is 37.8. The molecule has 0 aliphatic carbocycles. The van der Waals surface area contributed by atoms with E-state index in [1.165, 1.54) is 7.11 Å². The van der Waals surface area contributed by atoms with Gasteiger partial charge in [-0.1, -0.05) is 30.3 Å². The Kier molecular flexibility index (Phi) is 6.94. The summed E-state index contributed by atoms with van der Waals surface area (Å²) in [6.07, 6.45) is 0.789. The number of cyclic esters (lactones) is 1. The van der Waals surface area contributed by atoms with Crippen LogP contribution in [0.2, 0.25) is 0 Å². The first kappa shape index (κ1) is 18.9. The van der Waals surface area contributed by atoms with Crippen LogP contribution in [-0.4, -0.2) is 49.2 Å². The SMILES string of the molecule is COC(=O)C[C@@H](CCCN)C(=O)N1C(=O)OC[C@H]1Cc1ccccc1. The van der Waals surface area contributed by atoms with Crippen molar-refractivity contribution in [3.05, 3.63) is 35.9 Å². The molecule has 0 unspecified atom stereocenters. The fraction of sp³-hybridized carbons (Fsp3) is 0.500. The van der Waals surface area contributed by atoms with Crippen LogP contribution in [-0.2, 0) is 25.5 Å². The van der Waals surface area contributed by atoms with Crippen LogP contribution in [0.25, 0.3) is 0 Å². The lowest BCUT2D eigenvalue weighted by molar-refractivity contribution is -0.146. The second-order valence-corrected chi connectivity index (χ2v) is 6.04. The second-order valence-electron chi connectivity index (χ2n) is 6.04. The Hall–Kier alpha value is -2.41. The molecular weight excluding hydrogens is 324 g/mol. The highest BCUT2D eigenvalue weighted by Crippen LogP contribution is 2.23. The smallest absolute Gasteiger partial charge is 0.416 e. The summed E-state index contributed by atoms with van der Waals surface area (Å²) in [5.41, 5.74) is 6.53. The maximum Gasteiger partial charge on any atom is 0.416 e. The van der Waals surface area contributed by atoms with E-state index in [9.17, 15) is 14.4 Å². The molecule has 0 aromatic heterocycles. The molecule has 1 aromatic rings. The number of hydrogen-bond donors (Lipinski definition) is 1. The zero-order chi connectivity index (χ0) is 18.2. The lowest BCUT2D eigenvalue weighted by atomic mass is 9.96. The summed E-state index contributed by atoms with van der Waals surface area (Å²) >= 11 is 0. The molecule has 0 bridgehead atoms. The minimum atomic E-state index is -0.659. The third-order valence-electron chi connectivity index (χ3n) is 4.26. The summed E-state index contributed by atoms with van der Waals surface area (Å²) in [5, 5.41) is 0. The van der Waals surface area contributed by atoms with E-state index in [4.69, 9.17) is 10.5 Å². The summed E-state index contributed by atoms with van der Waals surface area (Å²) < 4.78 is 9.75. The molecule has 0 radical (unpaired) electrons. The standard InChI is InChI=1S/C18H24N2O5/c1-24-16(21)11-14(8-5-9-19)17(22)20-15(12-25-18(20)23)10-13-6-3-2-4-7-13/h2-4,6-7,14-15H,5,8-12,19H2,1H3/t14-,15-/m1/s1. The molecule has 2 rings (SSSR count). The van der Waals surface area contributed by atoms with Crippen molar-refractivity contribution in [2.24, 2.45) is 11.7 Å². The van der Waals surface area contributed by atoms with Gasteiger partial charge in [0, 0.05) is 5.92 Å². The van der Waals surface area contributed by atoms with E-state index in [1.54, 1.807) is 0 Å². The van der Waals surface area contributed by atoms with Crippen LogP contribution < -0.4 is 5.73 Å². The number of benzene rings is 1. The molecule has 1 aliphatic rings. The Labute approximate surface area is 147 Å². The Morgan fingerprint density at radius 1 is 1.36 bits per heavy atom. The fourth-order valence-electron chi connectivity index (χ4n) is 2.93. The van der Waals surface area contributed by atoms with Crippen molar-refractivity contribution in [3.63, 3.8) is 0 Å². The lowest BCUT2D eigenvalue weighted by Gasteiger charge is -2.24. The Balaban J connectivity index is 2.13. The van der Waals surface area contributed by atoms with Gasteiger partial charge in [0.15, 0.2) is 0 Å². The summed E-state index contributed by atoms with van der Waals surface area (Å²) in [6.45, 7) is 0.560. The van der Waals surface area contributed by atoms with E-state index >= 15 is 0 Å². The third-order valence-corrected chi connectivity index (χ3v) is 4.26. The van der Waals surface area contributed by atoms with E-state index in [1.807, 2.05) is 30.3 Å². The average molecular weight is 348 g/mol. The van der Waals surface area contributed by atoms with Crippen molar-refractivity contribution < 1.29 is 23.9 Å². The summed E-state index contributed by atoms with van der Waals surface area (Å²) in [7, 11) is 1.27. The van der Waals surface area contributed by atoms with Gasteiger partial charge in [-0.2, -0.15) is 0 Å². The number of methoxy groups -OCH3 is 1. The monoisotopic (exact) mass is 348 g/mol. The second kappa shape index (κ2) is 9.17. The number of carbonyl (C=O) groups is 3. The number of carbonyl (C=O) groups excluding carboxylic acids is 3. The molecule has 1 saturated heterocycles. The Morgan fingerprint density at radius 2 is 2.08 bits per heavy atom. The van der Waals surface area contributed by atoms with Gasteiger partial charge >= 0.3 is 12.1 Å². The number of imide groups is 1. The molecule has 7 heteroatoms. The zero-order valence-corrected chi connectivity index (χ0v) is 14.3. The first-order valence-electron chi connectivity index (χ1n) is 8.37. The van der Waals surface area contributed by atoms with E-state index in [2.05, 4.69) is 4.74 Å². The van der Waals surface area contributed by atoms with Crippen LogP contribution >= 0.6 is 0 Å². The van der Waals surface area contributed by atoms with Crippen molar-refractivity contribution in [2.75, 3.05) is 20.3 Å². The molecule has 25 heavy (non-hydrogen) atoms. The van der Waals surface area contributed by atoms with Gasteiger partial charge in [-0.05, 0) is 31.4 Å². The highest BCUT2D eigenvalue weighted by molar-refractivity contribution is 5.96. The molecule has 1 fully saturated rings. The molecule has 2 N–H and O–H groups in total. The summed E-state index contributed by atoms with van der Waals surface area (Å²) in [5.74, 6) is -1.52. The molecule has 2 atom stereocenters. The van der Waals surface area contributed by atoms with E-state index in [0.717, 1.165) is 10.5 Å². The highest BCUT2D eigenvalue weighted by Gasteiger charge is 2.41. The number of hydrogen-bond acceptors (Lipinski definition) is 6. The molecule has 2 amide bonds. The molecule has 7 nitrogen and oxygen atoms in total. The van der Waals surface area contributed by atoms with Crippen LogP contribution in [0.3, 0.4) is 0 Å². The van der Waals surface area contributed by atoms with Crippen molar-refractivity contribution in [1.29, 1.82) is 0 Å². The first-order valence-corrected chi connectivity index (χ1v) is 8.37. The number of amides is 2. The van der Waals surface area contributed by atoms with Gasteiger partial charge in [0.1, 0.15) is 6.61 Å². The van der Waals surface area contributed by atoms with Gasteiger partial charge in [0.05, 0.1) is 19.6 Å². The van der Waals surface area contributed by atoms with Crippen LogP contribution in [0, 0.1) is 5.92 Å². The van der Waals surface area contributed by atoms with Crippen LogP contribution in [0.4, 0.5) is 4.79 Å². The maximum absolute atomic E-state index is 12.9. The predicted octanol–water partition coefficient (Wildman–Crippen LogP) is 1.49. The minimum Gasteiger partial charge on any atom is -0.469 e. The van der Waals surface area contributed by atoms with E-state index in [-0.39, 0.29) is 19.1 Å². The molecule has 1 heterocycles.